The van der Waals surface area contributed by atoms with Gasteiger partial charge in [0.2, 0.25) is 0 Å². The molecule has 2 N–H and O–H groups in total. The average Bonchev–Trinajstić information content (AvgIpc) is 2.68. The third-order valence-electron chi connectivity index (χ3n) is 3.57. The first-order valence-corrected chi connectivity index (χ1v) is 8.18. The van der Waals surface area contributed by atoms with Crippen LogP contribution in [0.15, 0.2) is 66.9 Å². The molecule has 0 aliphatic carbocycles. The summed E-state index contributed by atoms with van der Waals surface area (Å²) in [5.41, 5.74) is 1.28. The molecule has 27 heavy (non-hydrogen) atoms. The molecule has 0 bridgehead atoms. The Kier molecular flexibility index (Phi) is 5.84. The highest BCUT2D eigenvalue weighted by molar-refractivity contribution is 5.91. The number of hydrogen-bond donors (Lipinski definition) is 2. The summed E-state index contributed by atoms with van der Waals surface area (Å²) in [6.45, 7) is -0.175. The first kappa shape index (κ1) is 18.2. The van der Waals surface area contributed by atoms with Crippen LogP contribution in [-0.2, 0) is 4.79 Å². The summed E-state index contributed by atoms with van der Waals surface area (Å²) < 4.78 is 23.8. The number of rotatable bonds is 7. The molecular weight excluding hydrogens is 349 g/mol. The van der Waals surface area contributed by atoms with Crippen LogP contribution >= 0.6 is 0 Å². The molecular formula is C20H18FN3O3. The van der Waals surface area contributed by atoms with Crippen LogP contribution in [0.3, 0.4) is 0 Å². The molecule has 0 unspecified atom stereocenters. The lowest BCUT2D eigenvalue weighted by Crippen LogP contribution is -2.20. The first-order valence-electron chi connectivity index (χ1n) is 8.18. The van der Waals surface area contributed by atoms with Crippen molar-refractivity contribution >= 4 is 23.1 Å². The van der Waals surface area contributed by atoms with Crippen molar-refractivity contribution in [3.8, 4) is 11.5 Å². The van der Waals surface area contributed by atoms with Crippen molar-refractivity contribution in [3.05, 3.63) is 72.7 Å². The molecule has 0 radical (unpaired) electrons. The lowest BCUT2D eigenvalue weighted by molar-refractivity contribution is -0.118. The van der Waals surface area contributed by atoms with E-state index in [-0.39, 0.29) is 18.3 Å². The van der Waals surface area contributed by atoms with E-state index in [0.717, 1.165) is 0 Å². The second-order valence-corrected chi connectivity index (χ2v) is 5.56. The molecule has 3 aromatic rings. The summed E-state index contributed by atoms with van der Waals surface area (Å²) in [6, 6.07) is 16.6. The summed E-state index contributed by atoms with van der Waals surface area (Å²) in [6.07, 6.45) is 1.54. The van der Waals surface area contributed by atoms with Gasteiger partial charge in [-0.15, -0.1) is 0 Å². The molecule has 0 fully saturated rings. The van der Waals surface area contributed by atoms with Gasteiger partial charge in [-0.25, -0.2) is 9.37 Å². The normalized spacial score (nSPS) is 10.1. The van der Waals surface area contributed by atoms with Crippen LogP contribution in [0.2, 0.25) is 0 Å². The van der Waals surface area contributed by atoms with Crippen LogP contribution in [0.1, 0.15) is 0 Å². The van der Waals surface area contributed by atoms with Crippen molar-refractivity contribution in [2.75, 3.05) is 24.4 Å². The quantitative estimate of drug-likeness (QED) is 0.661. The van der Waals surface area contributed by atoms with Crippen LogP contribution in [-0.4, -0.2) is 24.6 Å². The van der Waals surface area contributed by atoms with E-state index < -0.39 is 0 Å². The Balaban J connectivity index is 1.54. The minimum absolute atomic E-state index is 0.175. The number of anilines is 3. The zero-order chi connectivity index (χ0) is 19.1. The maximum Gasteiger partial charge on any atom is 0.263 e. The van der Waals surface area contributed by atoms with Crippen molar-refractivity contribution in [2.24, 2.45) is 0 Å². The third-order valence-corrected chi connectivity index (χ3v) is 3.57. The fourth-order valence-electron chi connectivity index (χ4n) is 2.33. The minimum Gasteiger partial charge on any atom is -0.493 e. The number of halogens is 1. The zero-order valence-corrected chi connectivity index (χ0v) is 14.6. The van der Waals surface area contributed by atoms with Gasteiger partial charge in [-0.2, -0.15) is 0 Å². The van der Waals surface area contributed by atoms with Crippen LogP contribution in [0.25, 0.3) is 0 Å². The summed E-state index contributed by atoms with van der Waals surface area (Å²) >= 11 is 0. The van der Waals surface area contributed by atoms with Crippen molar-refractivity contribution in [3.63, 3.8) is 0 Å². The van der Waals surface area contributed by atoms with E-state index in [2.05, 4.69) is 15.6 Å². The Morgan fingerprint density at radius 3 is 2.56 bits per heavy atom. The number of para-hydroxylation sites is 2. The third kappa shape index (κ3) is 5.18. The number of nitrogens with zero attached hydrogens (tertiary/aromatic N) is 1. The molecule has 1 aromatic heterocycles. The number of carbonyl (C=O) groups is 1. The number of pyridine rings is 1. The van der Waals surface area contributed by atoms with E-state index in [0.29, 0.717) is 28.7 Å². The smallest absolute Gasteiger partial charge is 0.263 e. The van der Waals surface area contributed by atoms with Gasteiger partial charge in [0, 0.05) is 5.69 Å². The van der Waals surface area contributed by atoms with E-state index in [9.17, 15) is 9.18 Å². The topological polar surface area (TPSA) is 72.5 Å². The van der Waals surface area contributed by atoms with Crippen molar-refractivity contribution in [1.82, 2.24) is 4.98 Å². The summed E-state index contributed by atoms with van der Waals surface area (Å²) in [5, 5.41) is 5.68. The molecule has 3 rings (SSSR count). The highest BCUT2D eigenvalue weighted by atomic mass is 19.1. The SMILES string of the molecule is COc1ccccc1OCC(=O)Nc1ccc(Nc2cccc(F)c2)cn1. The van der Waals surface area contributed by atoms with Crippen molar-refractivity contribution < 1.29 is 18.7 Å². The molecule has 0 aliphatic rings. The predicted molar refractivity (Wildman–Crippen MR) is 101 cm³/mol. The van der Waals surface area contributed by atoms with Gasteiger partial charge < -0.3 is 20.1 Å². The maximum absolute atomic E-state index is 13.2. The molecule has 7 heteroatoms. The second-order valence-electron chi connectivity index (χ2n) is 5.56. The highest BCUT2D eigenvalue weighted by Crippen LogP contribution is 2.25. The van der Waals surface area contributed by atoms with Crippen LogP contribution in [0, 0.1) is 5.82 Å². The number of carbonyl (C=O) groups excluding carboxylic acids is 1. The zero-order valence-electron chi connectivity index (χ0n) is 14.6. The Morgan fingerprint density at radius 1 is 1.04 bits per heavy atom. The number of amides is 1. The summed E-state index contributed by atoms with van der Waals surface area (Å²) in [7, 11) is 1.53. The second kappa shape index (κ2) is 8.66. The van der Waals surface area contributed by atoms with Gasteiger partial charge in [-0.05, 0) is 42.5 Å². The van der Waals surface area contributed by atoms with Gasteiger partial charge in [0.1, 0.15) is 11.6 Å². The van der Waals surface area contributed by atoms with Crippen molar-refractivity contribution in [2.45, 2.75) is 0 Å². The van der Waals surface area contributed by atoms with E-state index in [4.69, 9.17) is 9.47 Å². The van der Waals surface area contributed by atoms with Gasteiger partial charge in [-0.1, -0.05) is 18.2 Å². The Morgan fingerprint density at radius 2 is 1.85 bits per heavy atom. The van der Waals surface area contributed by atoms with E-state index in [1.54, 1.807) is 48.7 Å². The van der Waals surface area contributed by atoms with Gasteiger partial charge in [0.25, 0.3) is 5.91 Å². The lowest BCUT2D eigenvalue weighted by Gasteiger charge is -2.11. The Labute approximate surface area is 156 Å². The molecule has 0 saturated heterocycles. The number of nitrogens with one attached hydrogen (secondary N) is 2. The molecule has 0 atom stereocenters. The number of ether oxygens (including phenoxy) is 2. The average molecular weight is 367 g/mol. The van der Waals surface area contributed by atoms with E-state index >= 15 is 0 Å². The first-order chi connectivity index (χ1) is 13.1. The molecule has 1 heterocycles. The standard InChI is InChI=1S/C20H18FN3O3/c1-26-17-7-2-3-8-18(17)27-13-20(25)24-19-10-9-16(12-22-19)23-15-6-4-5-14(21)11-15/h2-12,23H,13H2,1H3,(H,22,24,25). The summed E-state index contributed by atoms with van der Waals surface area (Å²) in [5.74, 6) is 0.744. The van der Waals surface area contributed by atoms with Crippen molar-refractivity contribution in [1.29, 1.82) is 0 Å². The number of aromatic nitrogens is 1. The molecule has 0 spiro atoms. The fraction of sp³-hybridized carbons (Fsp3) is 0.100. The molecule has 1 amide bonds. The Bertz CT molecular complexity index is 916. The fourth-order valence-corrected chi connectivity index (χ4v) is 2.33. The van der Waals surface area contributed by atoms with E-state index in [1.165, 1.54) is 19.2 Å². The van der Waals surface area contributed by atoms with Gasteiger partial charge in [-0.3, -0.25) is 4.79 Å². The molecule has 2 aromatic carbocycles. The lowest BCUT2D eigenvalue weighted by atomic mass is 10.3. The molecule has 0 aliphatic heterocycles. The molecule has 0 saturated carbocycles. The largest absolute Gasteiger partial charge is 0.493 e. The number of hydrogen-bond acceptors (Lipinski definition) is 5. The number of methoxy groups -OCH3 is 1. The minimum atomic E-state index is -0.348. The monoisotopic (exact) mass is 367 g/mol. The molecule has 6 nitrogen and oxygen atoms in total. The summed E-state index contributed by atoms with van der Waals surface area (Å²) in [4.78, 5) is 16.2. The van der Waals surface area contributed by atoms with Crippen LogP contribution < -0.4 is 20.1 Å². The van der Waals surface area contributed by atoms with Gasteiger partial charge >= 0.3 is 0 Å². The molecule has 138 valence electrons. The highest BCUT2D eigenvalue weighted by Gasteiger charge is 2.08. The Hall–Kier alpha value is -3.61. The maximum atomic E-state index is 13.2. The van der Waals surface area contributed by atoms with Gasteiger partial charge in [0.05, 0.1) is 19.0 Å². The predicted octanol–water partition coefficient (Wildman–Crippen LogP) is 3.99. The van der Waals surface area contributed by atoms with Gasteiger partial charge in [0.15, 0.2) is 18.1 Å². The van der Waals surface area contributed by atoms with Crippen LogP contribution in [0.5, 0.6) is 11.5 Å². The number of benzene rings is 2. The van der Waals surface area contributed by atoms with Crippen LogP contribution in [0.4, 0.5) is 21.6 Å². The van der Waals surface area contributed by atoms with E-state index in [1.807, 2.05) is 6.07 Å².